The smallest absolute Gasteiger partial charge is 0.315 e. The van der Waals surface area contributed by atoms with Gasteiger partial charge in [0.15, 0.2) is 0 Å². The lowest BCUT2D eigenvalue weighted by molar-refractivity contribution is 0.241. The fourth-order valence-electron chi connectivity index (χ4n) is 1.71. The average molecular weight is 305 g/mol. The molecule has 110 valence electrons. The van der Waals surface area contributed by atoms with Gasteiger partial charge in [-0.15, -0.1) is 0 Å². The number of hydrogen-bond acceptors (Lipinski definition) is 3. The van der Waals surface area contributed by atoms with E-state index in [4.69, 9.17) is 11.6 Å². The van der Waals surface area contributed by atoms with Crippen molar-refractivity contribution in [1.29, 1.82) is 0 Å². The van der Waals surface area contributed by atoms with E-state index in [9.17, 15) is 4.79 Å². The molecule has 3 N–H and O–H groups in total. The van der Waals surface area contributed by atoms with Crippen molar-refractivity contribution in [3.05, 3.63) is 59.2 Å². The Kier molecular flexibility index (Phi) is 5.84. The Morgan fingerprint density at radius 2 is 1.86 bits per heavy atom. The van der Waals surface area contributed by atoms with Gasteiger partial charge in [0.2, 0.25) is 0 Å². The van der Waals surface area contributed by atoms with Gasteiger partial charge in [-0.3, -0.25) is 0 Å². The van der Waals surface area contributed by atoms with E-state index in [1.165, 1.54) is 0 Å². The summed E-state index contributed by atoms with van der Waals surface area (Å²) in [5.74, 6) is 0.788. The van der Waals surface area contributed by atoms with Crippen LogP contribution in [0.3, 0.4) is 0 Å². The molecule has 0 aliphatic heterocycles. The van der Waals surface area contributed by atoms with Gasteiger partial charge in [-0.2, -0.15) is 0 Å². The maximum Gasteiger partial charge on any atom is 0.315 e. The number of urea groups is 1. The maximum absolute atomic E-state index is 11.6. The number of anilines is 1. The molecule has 2 aromatic rings. The zero-order valence-electron chi connectivity index (χ0n) is 11.5. The summed E-state index contributed by atoms with van der Waals surface area (Å²) in [7, 11) is 0. The number of rotatable bonds is 6. The predicted octanol–water partition coefficient (Wildman–Crippen LogP) is 2.65. The Bertz CT molecular complexity index is 577. The van der Waals surface area contributed by atoms with Gasteiger partial charge >= 0.3 is 6.03 Å². The predicted molar refractivity (Wildman–Crippen MR) is 84.4 cm³/mol. The molecule has 2 amide bonds. The number of benzene rings is 1. The minimum absolute atomic E-state index is 0.224. The van der Waals surface area contributed by atoms with Gasteiger partial charge < -0.3 is 16.0 Å². The van der Waals surface area contributed by atoms with Crippen molar-refractivity contribution in [3.63, 3.8) is 0 Å². The number of hydrogen-bond donors (Lipinski definition) is 3. The van der Waals surface area contributed by atoms with Crippen LogP contribution in [0.2, 0.25) is 5.02 Å². The third kappa shape index (κ3) is 5.31. The number of carbonyl (C=O) groups excluding carboxylic acids is 1. The molecule has 1 heterocycles. The summed E-state index contributed by atoms with van der Waals surface area (Å²) in [4.78, 5) is 15.8. The molecule has 21 heavy (non-hydrogen) atoms. The summed E-state index contributed by atoms with van der Waals surface area (Å²) in [6, 6.07) is 12.8. The van der Waals surface area contributed by atoms with Crippen LogP contribution in [0, 0.1) is 0 Å². The molecular weight excluding hydrogens is 288 g/mol. The maximum atomic E-state index is 11.6. The van der Waals surface area contributed by atoms with E-state index in [1.54, 1.807) is 12.3 Å². The molecular formula is C15H17ClN4O. The van der Waals surface area contributed by atoms with E-state index in [0.717, 1.165) is 11.4 Å². The number of pyridine rings is 1. The molecule has 0 fully saturated rings. The van der Waals surface area contributed by atoms with Gasteiger partial charge in [0, 0.05) is 30.9 Å². The van der Waals surface area contributed by atoms with Crippen LogP contribution >= 0.6 is 11.6 Å². The minimum atomic E-state index is -0.224. The van der Waals surface area contributed by atoms with Crippen LogP contribution in [0.15, 0.2) is 48.7 Å². The molecule has 0 saturated heterocycles. The highest BCUT2D eigenvalue weighted by Crippen LogP contribution is 2.13. The van der Waals surface area contributed by atoms with E-state index in [2.05, 4.69) is 20.9 Å². The molecule has 0 aliphatic carbocycles. The Balaban J connectivity index is 1.63. The monoisotopic (exact) mass is 304 g/mol. The molecule has 1 aromatic heterocycles. The van der Waals surface area contributed by atoms with Crippen molar-refractivity contribution in [3.8, 4) is 0 Å². The standard InChI is InChI=1S/C15H17ClN4O/c16-13-6-2-1-5-12(13)11-20-15(21)19-10-9-18-14-7-3-4-8-17-14/h1-8H,9-11H2,(H,17,18)(H2,19,20,21). The van der Waals surface area contributed by atoms with Crippen molar-refractivity contribution in [1.82, 2.24) is 15.6 Å². The first-order chi connectivity index (χ1) is 10.3. The van der Waals surface area contributed by atoms with Gasteiger partial charge in [0.25, 0.3) is 0 Å². The number of nitrogens with one attached hydrogen (secondary N) is 3. The topological polar surface area (TPSA) is 66.0 Å². The lowest BCUT2D eigenvalue weighted by Gasteiger charge is -2.09. The van der Waals surface area contributed by atoms with Crippen LogP contribution in [0.1, 0.15) is 5.56 Å². The molecule has 0 aliphatic rings. The largest absolute Gasteiger partial charge is 0.368 e. The van der Waals surface area contributed by atoms with E-state index < -0.39 is 0 Å². The highest BCUT2D eigenvalue weighted by molar-refractivity contribution is 6.31. The Morgan fingerprint density at radius 3 is 2.62 bits per heavy atom. The second kappa shape index (κ2) is 8.11. The van der Waals surface area contributed by atoms with Crippen molar-refractivity contribution < 1.29 is 4.79 Å². The first-order valence-corrected chi connectivity index (χ1v) is 7.03. The van der Waals surface area contributed by atoms with Crippen molar-refractivity contribution in [2.24, 2.45) is 0 Å². The van der Waals surface area contributed by atoms with E-state index in [0.29, 0.717) is 24.7 Å². The van der Waals surface area contributed by atoms with Crippen molar-refractivity contribution in [2.45, 2.75) is 6.54 Å². The molecule has 2 rings (SSSR count). The van der Waals surface area contributed by atoms with Crippen LogP contribution in [-0.2, 0) is 6.54 Å². The lowest BCUT2D eigenvalue weighted by Crippen LogP contribution is -2.37. The second-order valence-corrected chi connectivity index (χ2v) is 4.75. The molecule has 0 spiro atoms. The summed E-state index contributed by atoms with van der Waals surface area (Å²) >= 11 is 6.01. The summed E-state index contributed by atoms with van der Waals surface area (Å²) in [6.07, 6.45) is 1.71. The number of amides is 2. The molecule has 0 saturated carbocycles. The molecule has 5 nitrogen and oxygen atoms in total. The zero-order chi connectivity index (χ0) is 14.9. The van der Waals surface area contributed by atoms with Crippen LogP contribution < -0.4 is 16.0 Å². The molecule has 6 heteroatoms. The summed E-state index contributed by atoms with van der Waals surface area (Å²) < 4.78 is 0. The molecule has 0 radical (unpaired) electrons. The van der Waals surface area contributed by atoms with E-state index in [1.807, 2.05) is 36.4 Å². The van der Waals surface area contributed by atoms with E-state index in [-0.39, 0.29) is 6.03 Å². The zero-order valence-corrected chi connectivity index (χ0v) is 12.2. The van der Waals surface area contributed by atoms with Crippen molar-refractivity contribution >= 4 is 23.4 Å². The fraction of sp³-hybridized carbons (Fsp3) is 0.200. The van der Waals surface area contributed by atoms with Gasteiger partial charge in [-0.25, -0.2) is 9.78 Å². The number of halogens is 1. The Hall–Kier alpha value is -2.27. The number of carbonyl (C=O) groups is 1. The Labute approximate surface area is 128 Å². The van der Waals surface area contributed by atoms with Gasteiger partial charge in [-0.05, 0) is 23.8 Å². The minimum Gasteiger partial charge on any atom is -0.368 e. The second-order valence-electron chi connectivity index (χ2n) is 4.34. The van der Waals surface area contributed by atoms with E-state index >= 15 is 0 Å². The van der Waals surface area contributed by atoms with Gasteiger partial charge in [0.05, 0.1) is 0 Å². The van der Waals surface area contributed by atoms with Crippen LogP contribution in [0.5, 0.6) is 0 Å². The fourth-order valence-corrected chi connectivity index (χ4v) is 1.92. The molecule has 0 unspecified atom stereocenters. The Morgan fingerprint density at radius 1 is 1.05 bits per heavy atom. The highest BCUT2D eigenvalue weighted by atomic mass is 35.5. The quantitative estimate of drug-likeness (QED) is 0.719. The average Bonchev–Trinajstić information content (AvgIpc) is 2.52. The first-order valence-electron chi connectivity index (χ1n) is 6.66. The first kappa shape index (κ1) is 15.1. The number of nitrogens with zero attached hydrogens (tertiary/aromatic N) is 1. The normalized spacial score (nSPS) is 9.95. The van der Waals surface area contributed by atoms with Crippen LogP contribution in [0.25, 0.3) is 0 Å². The number of aromatic nitrogens is 1. The lowest BCUT2D eigenvalue weighted by atomic mass is 10.2. The third-order valence-electron chi connectivity index (χ3n) is 2.78. The SMILES string of the molecule is O=C(NCCNc1ccccn1)NCc1ccccc1Cl. The third-order valence-corrected chi connectivity index (χ3v) is 3.15. The van der Waals surface area contributed by atoms with Crippen molar-refractivity contribution in [2.75, 3.05) is 18.4 Å². The highest BCUT2D eigenvalue weighted by Gasteiger charge is 2.02. The van der Waals surface area contributed by atoms with Gasteiger partial charge in [0.1, 0.15) is 5.82 Å². The summed E-state index contributed by atoms with van der Waals surface area (Å²) in [5.41, 5.74) is 0.890. The van der Waals surface area contributed by atoms with Crippen LogP contribution in [0.4, 0.5) is 10.6 Å². The molecule has 0 bridgehead atoms. The van der Waals surface area contributed by atoms with Gasteiger partial charge in [-0.1, -0.05) is 35.9 Å². The molecule has 1 aromatic carbocycles. The summed E-state index contributed by atoms with van der Waals surface area (Å²) in [6.45, 7) is 1.51. The molecule has 0 atom stereocenters. The summed E-state index contributed by atoms with van der Waals surface area (Å²) in [5, 5.41) is 9.28. The van der Waals surface area contributed by atoms with Crippen LogP contribution in [-0.4, -0.2) is 24.1 Å².